The standard InChI is InChI=1S/C27H43N3O7/c1-16(2)18-12-15-30(20(18)22(32)29-27(13-14-27)21(31)24(34)36-6)23(33)19(17-10-8-7-9-11-17)28-25(35)37-26(3,4)5/h16-20H,7-15H2,1-6H3,(H,28,35)(H,29,32)/t18-,19+,20+/m1/s1. The molecule has 2 saturated carbocycles. The van der Waals surface area contributed by atoms with E-state index in [-0.39, 0.29) is 23.7 Å². The number of ketones is 1. The van der Waals surface area contributed by atoms with Gasteiger partial charge in [0.25, 0.3) is 5.78 Å². The molecule has 37 heavy (non-hydrogen) atoms. The number of ether oxygens (including phenoxy) is 2. The summed E-state index contributed by atoms with van der Waals surface area (Å²) in [7, 11) is 1.13. The third-order valence-corrected chi connectivity index (χ3v) is 7.83. The minimum Gasteiger partial charge on any atom is -0.463 e. The quantitative estimate of drug-likeness (QED) is 0.371. The van der Waals surface area contributed by atoms with Gasteiger partial charge >= 0.3 is 12.1 Å². The molecule has 1 aliphatic heterocycles. The second-order valence-corrected chi connectivity index (χ2v) is 12.1. The molecule has 0 bridgehead atoms. The van der Waals surface area contributed by atoms with E-state index in [0.29, 0.717) is 25.8 Å². The summed E-state index contributed by atoms with van der Waals surface area (Å²) in [5, 5.41) is 5.61. The van der Waals surface area contributed by atoms with Gasteiger partial charge in [-0.15, -0.1) is 0 Å². The molecule has 0 radical (unpaired) electrons. The van der Waals surface area contributed by atoms with E-state index in [1.54, 1.807) is 25.7 Å². The number of nitrogens with zero attached hydrogens (tertiary/aromatic N) is 1. The van der Waals surface area contributed by atoms with E-state index < -0.39 is 47.0 Å². The minimum atomic E-state index is -1.26. The number of hydrogen-bond donors (Lipinski definition) is 2. The van der Waals surface area contributed by atoms with Gasteiger partial charge in [0.1, 0.15) is 23.2 Å². The van der Waals surface area contributed by atoms with Gasteiger partial charge in [0.2, 0.25) is 11.8 Å². The Kier molecular flexibility index (Phi) is 8.90. The average Bonchev–Trinajstić information content (AvgIpc) is 3.46. The highest BCUT2D eigenvalue weighted by atomic mass is 16.6. The van der Waals surface area contributed by atoms with Gasteiger partial charge in [-0.25, -0.2) is 9.59 Å². The predicted octanol–water partition coefficient (Wildman–Crippen LogP) is 2.72. The number of esters is 1. The van der Waals surface area contributed by atoms with E-state index in [1.165, 1.54) is 0 Å². The third-order valence-electron chi connectivity index (χ3n) is 7.83. The third kappa shape index (κ3) is 6.82. The Morgan fingerprint density at radius 2 is 1.59 bits per heavy atom. The summed E-state index contributed by atoms with van der Waals surface area (Å²) in [6.45, 7) is 9.67. The van der Waals surface area contributed by atoms with Crippen molar-refractivity contribution in [3.05, 3.63) is 0 Å². The summed E-state index contributed by atoms with van der Waals surface area (Å²) >= 11 is 0. The van der Waals surface area contributed by atoms with E-state index in [2.05, 4.69) is 15.4 Å². The normalized spacial score (nSPS) is 24.2. The molecule has 3 amide bonds. The van der Waals surface area contributed by atoms with Crippen LogP contribution in [0, 0.1) is 17.8 Å². The van der Waals surface area contributed by atoms with Crippen molar-refractivity contribution in [2.24, 2.45) is 17.8 Å². The first-order valence-corrected chi connectivity index (χ1v) is 13.5. The fourth-order valence-electron chi connectivity index (χ4n) is 5.69. The van der Waals surface area contributed by atoms with Crippen LogP contribution in [-0.2, 0) is 28.7 Å². The summed E-state index contributed by atoms with van der Waals surface area (Å²) < 4.78 is 10.0. The SMILES string of the molecule is COC(=O)C(=O)C1(NC(=O)[C@@H]2[C@@H](C(C)C)CCN2C(=O)[C@@H](NC(=O)OC(C)(C)C)C2CCCCC2)CC1. The predicted molar refractivity (Wildman–Crippen MR) is 135 cm³/mol. The molecule has 3 fully saturated rings. The van der Waals surface area contributed by atoms with Crippen LogP contribution in [-0.4, -0.2) is 71.4 Å². The van der Waals surface area contributed by atoms with Crippen LogP contribution in [0.4, 0.5) is 4.79 Å². The monoisotopic (exact) mass is 521 g/mol. The topological polar surface area (TPSA) is 131 Å². The molecular weight excluding hydrogens is 478 g/mol. The number of methoxy groups -OCH3 is 1. The van der Waals surface area contributed by atoms with Gasteiger partial charge in [-0.3, -0.25) is 14.4 Å². The second kappa shape index (κ2) is 11.4. The number of likely N-dealkylation sites (tertiary alicyclic amines) is 1. The van der Waals surface area contributed by atoms with E-state index in [0.717, 1.165) is 39.2 Å². The maximum absolute atomic E-state index is 14.0. The molecular formula is C27H43N3O7. The molecule has 3 rings (SSSR count). The number of alkyl carbamates (subject to hydrolysis) is 1. The van der Waals surface area contributed by atoms with E-state index in [1.807, 2.05) is 13.8 Å². The lowest BCUT2D eigenvalue weighted by Gasteiger charge is -2.36. The van der Waals surface area contributed by atoms with Crippen LogP contribution in [0.15, 0.2) is 0 Å². The molecule has 10 heteroatoms. The van der Waals surface area contributed by atoms with Crippen LogP contribution in [0.25, 0.3) is 0 Å². The maximum atomic E-state index is 14.0. The molecule has 1 saturated heterocycles. The largest absolute Gasteiger partial charge is 0.463 e. The van der Waals surface area contributed by atoms with Gasteiger partial charge < -0.3 is 25.0 Å². The van der Waals surface area contributed by atoms with Crippen molar-refractivity contribution in [2.45, 2.75) is 109 Å². The van der Waals surface area contributed by atoms with Crippen LogP contribution in [0.1, 0.15) is 86.0 Å². The van der Waals surface area contributed by atoms with E-state index >= 15 is 0 Å². The molecule has 3 atom stereocenters. The molecule has 1 heterocycles. The lowest BCUT2D eigenvalue weighted by atomic mass is 9.83. The lowest BCUT2D eigenvalue weighted by Crippen LogP contribution is -2.59. The average molecular weight is 522 g/mol. The van der Waals surface area contributed by atoms with Gasteiger partial charge in [-0.1, -0.05) is 33.1 Å². The first-order chi connectivity index (χ1) is 17.3. The van der Waals surface area contributed by atoms with Crippen molar-refractivity contribution < 1.29 is 33.4 Å². The molecule has 2 aliphatic carbocycles. The summed E-state index contributed by atoms with van der Waals surface area (Å²) in [6, 6.07) is -1.61. The Morgan fingerprint density at radius 3 is 2.11 bits per heavy atom. The van der Waals surface area contributed by atoms with Crippen molar-refractivity contribution in [1.82, 2.24) is 15.5 Å². The Labute approximate surface area is 219 Å². The van der Waals surface area contributed by atoms with Gasteiger partial charge in [-0.05, 0) is 70.6 Å². The van der Waals surface area contributed by atoms with Gasteiger partial charge in [0, 0.05) is 6.54 Å². The molecule has 0 spiro atoms. The van der Waals surface area contributed by atoms with E-state index in [9.17, 15) is 24.0 Å². The van der Waals surface area contributed by atoms with Crippen LogP contribution in [0.2, 0.25) is 0 Å². The van der Waals surface area contributed by atoms with Gasteiger partial charge in [0.05, 0.1) is 7.11 Å². The minimum absolute atomic E-state index is 0.0498. The van der Waals surface area contributed by atoms with E-state index in [4.69, 9.17) is 4.74 Å². The summed E-state index contributed by atoms with van der Waals surface area (Å²) in [6.07, 6.45) is 5.32. The highest BCUT2D eigenvalue weighted by molar-refractivity contribution is 6.38. The molecule has 208 valence electrons. The van der Waals surface area contributed by atoms with Crippen LogP contribution in [0.3, 0.4) is 0 Å². The smallest absolute Gasteiger partial charge is 0.408 e. The Balaban J connectivity index is 1.84. The van der Waals surface area contributed by atoms with Crippen LogP contribution < -0.4 is 10.6 Å². The second-order valence-electron chi connectivity index (χ2n) is 12.1. The van der Waals surface area contributed by atoms with Crippen LogP contribution in [0.5, 0.6) is 0 Å². The van der Waals surface area contributed by atoms with Crippen molar-refractivity contribution in [3.8, 4) is 0 Å². The zero-order valence-electron chi connectivity index (χ0n) is 23.1. The zero-order valence-corrected chi connectivity index (χ0v) is 23.1. The van der Waals surface area contributed by atoms with Gasteiger partial charge in [-0.2, -0.15) is 0 Å². The zero-order chi connectivity index (χ0) is 27.5. The molecule has 0 aromatic carbocycles. The number of carbonyl (C=O) groups is 5. The summed E-state index contributed by atoms with van der Waals surface area (Å²) in [5.74, 6) is -2.58. The number of carbonyl (C=O) groups excluding carboxylic acids is 5. The maximum Gasteiger partial charge on any atom is 0.408 e. The first-order valence-electron chi connectivity index (χ1n) is 13.5. The summed E-state index contributed by atoms with van der Waals surface area (Å²) in [4.78, 5) is 66.4. The van der Waals surface area contributed by atoms with Crippen molar-refractivity contribution in [3.63, 3.8) is 0 Å². The molecule has 3 aliphatic rings. The fourth-order valence-corrected chi connectivity index (χ4v) is 5.69. The van der Waals surface area contributed by atoms with Crippen molar-refractivity contribution in [2.75, 3.05) is 13.7 Å². The Bertz CT molecular complexity index is 900. The molecule has 0 aromatic heterocycles. The molecule has 10 nitrogen and oxygen atoms in total. The highest BCUT2D eigenvalue weighted by Gasteiger charge is 2.56. The number of nitrogens with one attached hydrogen (secondary N) is 2. The summed E-state index contributed by atoms with van der Waals surface area (Å²) in [5.41, 5.74) is -1.98. The van der Waals surface area contributed by atoms with Gasteiger partial charge in [0.15, 0.2) is 0 Å². The van der Waals surface area contributed by atoms with Crippen LogP contribution >= 0.6 is 0 Å². The fraction of sp³-hybridized carbons (Fsp3) is 0.815. The lowest BCUT2D eigenvalue weighted by molar-refractivity contribution is -0.154. The Hall–Kier alpha value is -2.65. The van der Waals surface area contributed by atoms with Crippen molar-refractivity contribution in [1.29, 1.82) is 0 Å². The Morgan fingerprint density at radius 1 is 0.973 bits per heavy atom. The number of hydrogen-bond acceptors (Lipinski definition) is 7. The number of Topliss-reactive ketones (excluding diaryl/α,β-unsaturated/α-hetero) is 1. The molecule has 2 N–H and O–H groups in total. The number of amides is 3. The first kappa shape index (κ1) is 28.9. The molecule has 0 aromatic rings. The molecule has 0 unspecified atom stereocenters. The highest BCUT2D eigenvalue weighted by Crippen LogP contribution is 2.39. The van der Waals surface area contributed by atoms with Crippen molar-refractivity contribution >= 4 is 29.7 Å². The number of rotatable bonds is 8.